The first kappa shape index (κ1) is 16.1. The number of ether oxygens (including phenoxy) is 1. The topological polar surface area (TPSA) is 62.7 Å². The number of aryl methyl sites for hydroxylation is 1. The Balaban J connectivity index is 1.48. The molecule has 2 aromatic rings. The summed E-state index contributed by atoms with van der Waals surface area (Å²) in [7, 11) is 0. The SMILES string of the molecule is O=C(O)[C@@]12COc3ccccc3[C@@H]1CN(CCCc1cccnc1)C2. The highest BCUT2D eigenvalue weighted by molar-refractivity contribution is 5.78. The lowest BCUT2D eigenvalue weighted by molar-refractivity contribution is -0.151. The van der Waals surface area contributed by atoms with Crippen LogP contribution in [0.1, 0.15) is 23.5 Å². The predicted molar refractivity (Wildman–Crippen MR) is 93.7 cm³/mol. The Morgan fingerprint density at radius 1 is 1.32 bits per heavy atom. The Morgan fingerprint density at radius 3 is 3.00 bits per heavy atom. The zero-order valence-corrected chi connectivity index (χ0v) is 14.1. The molecule has 0 saturated carbocycles. The van der Waals surface area contributed by atoms with E-state index in [2.05, 4.69) is 16.0 Å². The number of pyridine rings is 1. The molecule has 0 radical (unpaired) electrons. The highest BCUT2D eigenvalue weighted by atomic mass is 16.5. The zero-order valence-electron chi connectivity index (χ0n) is 14.1. The third-order valence-electron chi connectivity index (χ3n) is 5.48. The number of likely N-dealkylation sites (tertiary alicyclic amines) is 1. The first-order valence-corrected chi connectivity index (χ1v) is 8.75. The van der Waals surface area contributed by atoms with Gasteiger partial charge in [-0.3, -0.25) is 9.78 Å². The summed E-state index contributed by atoms with van der Waals surface area (Å²) < 4.78 is 5.81. The molecule has 0 spiro atoms. The van der Waals surface area contributed by atoms with Crippen LogP contribution in [-0.2, 0) is 11.2 Å². The number of para-hydroxylation sites is 1. The van der Waals surface area contributed by atoms with Gasteiger partial charge >= 0.3 is 5.97 Å². The molecule has 25 heavy (non-hydrogen) atoms. The summed E-state index contributed by atoms with van der Waals surface area (Å²) in [5, 5.41) is 9.93. The van der Waals surface area contributed by atoms with Gasteiger partial charge in [-0.1, -0.05) is 24.3 Å². The maximum atomic E-state index is 12.1. The molecule has 1 aromatic heterocycles. The maximum Gasteiger partial charge on any atom is 0.315 e. The number of rotatable bonds is 5. The Morgan fingerprint density at radius 2 is 2.20 bits per heavy atom. The second-order valence-corrected chi connectivity index (χ2v) is 7.04. The van der Waals surface area contributed by atoms with Crippen LogP contribution in [0.5, 0.6) is 5.75 Å². The van der Waals surface area contributed by atoms with Crippen LogP contribution >= 0.6 is 0 Å². The molecule has 0 unspecified atom stereocenters. The molecular formula is C20H22N2O3. The summed E-state index contributed by atoms with van der Waals surface area (Å²) in [6.45, 7) is 2.47. The highest BCUT2D eigenvalue weighted by Crippen LogP contribution is 2.49. The van der Waals surface area contributed by atoms with Crippen LogP contribution in [0.4, 0.5) is 0 Å². The van der Waals surface area contributed by atoms with E-state index in [9.17, 15) is 9.90 Å². The Bertz CT molecular complexity index is 765. The van der Waals surface area contributed by atoms with Crippen molar-refractivity contribution in [1.82, 2.24) is 9.88 Å². The van der Waals surface area contributed by atoms with Gasteiger partial charge in [0.15, 0.2) is 0 Å². The third-order valence-corrected chi connectivity index (χ3v) is 5.48. The smallest absolute Gasteiger partial charge is 0.315 e. The van der Waals surface area contributed by atoms with E-state index in [0.717, 1.165) is 37.2 Å². The summed E-state index contributed by atoms with van der Waals surface area (Å²) in [5.41, 5.74) is 1.43. The van der Waals surface area contributed by atoms with E-state index < -0.39 is 11.4 Å². The van der Waals surface area contributed by atoms with Crippen molar-refractivity contribution in [3.05, 3.63) is 59.9 Å². The molecule has 1 fully saturated rings. The number of fused-ring (bicyclic) bond motifs is 3. The predicted octanol–water partition coefficient (Wildman–Crippen LogP) is 2.58. The van der Waals surface area contributed by atoms with Gasteiger partial charge in [-0.05, 0) is 42.6 Å². The molecule has 0 bridgehead atoms. The fourth-order valence-corrected chi connectivity index (χ4v) is 4.16. The normalized spacial score (nSPS) is 25.0. The van der Waals surface area contributed by atoms with Gasteiger partial charge in [0.05, 0.1) is 0 Å². The number of hydrogen-bond donors (Lipinski definition) is 1. The van der Waals surface area contributed by atoms with Crippen LogP contribution in [-0.4, -0.2) is 47.2 Å². The molecule has 4 rings (SSSR count). The largest absolute Gasteiger partial charge is 0.492 e. The number of aromatic nitrogens is 1. The molecule has 1 saturated heterocycles. The van der Waals surface area contributed by atoms with Crippen LogP contribution in [0.25, 0.3) is 0 Å². The Kier molecular flexibility index (Phi) is 4.17. The van der Waals surface area contributed by atoms with E-state index >= 15 is 0 Å². The second-order valence-electron chi connectivity index (χ2n) is 7.04. The number of carboxylic acids is 1. The molecule has 5 heteroatoms. The van der Waals surface area contributed by atoms with E-state index in [0.29, 0.717) is 6.54 Å². The molecule has 1 aromatic carbocycles. The first-order valence-electron chi connectivity index (χ1n) is 8.75. The lowest BCUT2D eigenvalue weighted by Crippen LogP contribution is -2.45. The van der Waals surface area contributed by atoms with Crippen molar-refractivity contribution >= 4 is 5.97 Å². The molecule has 2 aliphatic rings. The zero-order chi connectivity index (χ0) is 17.3. The maximum absolute atomic E-state index is 12.1. The summed E-state index contributed by atoms with van der Waals surface area (Å²) in [5.74, 6) is 0.0803. The minimum Gasteiger partial charge on any atom is -0.492 e. The van der Waals surface area contributed by atoms with E-state index in [1.54, 1.807) is 6.20 Å². The van der Waals surface area contributed by atoms with Crippen LogP contribution in [0, 0.1) is 5.41 Å². The van der Waals surface area contributed by atoms with Crippen molar-refractivity contribution in [2.45, 2.75) is 18.8 Å². The van der Waals surface area contributed by atoms with Gasteiger partial charge in [0.2, 0.25) is 0 Å². The molecule has 2 aliphatic heterocycles. The van der Waals surface area contributed by atoms with Crippen molar-refractivity contribution in [3.8, 4) is 5.75 Å². The number of carboxylic acid groups (broad SMARTS) is 1. The lowest BCUT2D eigenvalue weighted by atomic mass is 9.73. The van der Waals surface area contributed by atoms with Crippen LogP contribution in [0.15, 0.2) is 48.8 Å². The summed E-state index contributed by atoms with van der Waals surface area (Å²) in [6.07, 6.45) is 5.63. The van der Waals surface area contributed by atoms with Crippen molar-refractivity contribution in [1.29, 1.82) is 0 Å². The molecule has 130 valence electrons. The van der Waals surface area contributed by atoms with Gasteiger partial charge in [0.1, 0.15) is 17.8 Å². The van der Waals surface area contributed by atoms with Gasteiger partial charge in [-0.2, -0.15) is 0 Å². The molecule has 5 nitrogen and oxygen atoms in total. The first-order chi connectivity index (χ1) is 12.2. The van der Waals surface area contributed by atoms with Crippen molar-refractivity contribution in [2.24, 2.45) is 5.41 Å². The number of carbonyl (C=O) groups is 1. The average Bonchev–Trinajstić information content (AvgIpc) is 3.03. The molecule has 3 heterocycles. The third kappa shape index (κ3) is 2.89. The van der Waals surface area contributed by atoms with Gasteiger partial charge in [0.25, 0.3) is 0 Å². The standard InChI is InChI=1S/C20H22N2O3/c23-19(24)20-13-22(10-4-6-15-5-3-9-21-11-15)12-17(20)16-7-1-2-8-18(16)25-14-20/h1-3,5,7-9,11,17H,4,6,10,12-14H2,(H,23,24)/t17-,20-/m0/s1. The molecular weight excluding hydrogens is 316 g/mol. The number of hydrogen-bond acceptors (Lipinski definition) is 4. The van der Waals surface area contributed by atoms with Crippen molar-refractivity contribution in [3.63, 3.8) is 0 Å². The summed E-state index contributed by atoms with van der Waals surface area (Å²) >= 11 is 0. The second kappa shape index (κ2) is 6.48. The van der Waals surface area contributed by atoms with Crippen molar-refractivity contribution < 1.29 is 14.6 Å². The highest BCUT2D eigenvalue weighted by Gasteiger charge is 2.56. The van der Waals surface area contributed by atoms with E-state index in [1.807, 2.05) is 36.5 Å². The fourth-order valence-electron chi connectivity index (χ4n) is 4.16. The van der Waals surface area contributed by atoms with Gasteiger partial charge in [-0.25, -0.2) is 0 Å². The minimum absolute atomic E-state index is 0.00616. The Labute approximate surface area is 147 Å². The Hall–Kier alpha value is -2.40. The van der Waals surface area contributed by atoms with Crippen molar-refractivity contribution in [2.75, 3.05) is 26.2 Å². The fraction of sp³-hybridized carbons (Fsp3) is 0.400. The molecule has 1 N–H and O–H groups in total. The van der Waals surface area contributed by atoms with E-state index in [4.69, 9.17) is 4.74 Å². The van der Waals surface area contributed by atoms with Crippen LogP contribution in [0.2, 0.25) is 0 Å². The molecule has 0 aliphatic carbocycles. The number of benzene rings is 1. The summed E-state index contributed by atoms with van der Waals surface area (Å²) in [4.78, 5) is 18.5. The quantitative estimate of drug-likeness (QED) is 0.908. The minimum atomic E-state index is -0.831. The van der Waals surface area contributed by atoms with Crippen LogP contribution < -0.4 is 4.74 Å². The average molecular weight is 338 g/mol. The number of nitrogens with zero attached hydrogens (tertiary/aromatic N) is 2. The van der Waals surface area contributed by atoms with Gasteiger partial charge in [-0.15, -0.1) is 0 Å². The number of aliphatic carboxylic acids is 1. The molecule has 0 amide bonds. The van der Waals surface area contributed by atoms with E-state index in [-0.39, 0.29) is 12.5 Å². The molecule has 2 atom stereocenters. The summed E-state index contributed by atoms with van der Waals surface area (Å²) in [6, 6.07) is 11.9. The monoisotopic (exact) mass is 338 g/mol. The van der Waals surface area contributed by atoms with E-state index in [1.165, 1.54) is 5.56 Å². The van der Waals surface area contributed by atoms with Gasteiger partial charge < -0.3 is 14.7 Å². The van der Waals surface area contributed by atoms with Crippen LogP contribution in [0.3, 0.4) is 0 Å². The van der Waals surface area contributed by atoms with Gasteiger partial charge in [0, 0.05) is 31.4 Å². The lowest BCUT2D eigenvalue weighted by Gasteiger charge is -2.35.